The van der Waals surface area contributed by atoms with Crippen molar-refractivity contribution in [3.05, 3.63) is 51.5 Å². The maximum absolute atomic E-state index is 10.9. The van der Waals surface area contributed by atoms with Gasteiger partial charge in [0.2, 0.25) is 5.91 Å². The third-order valence-corrected chi connectivity index (χ3v) is 3.42. The van der Waals surface area contributed by atoms with Crippen LogP contribution >= 0.6 is 27.5 Å². The van der Waals surface area contributed by atoms with Gasteiger partial charge in [-0.2, -0.15) is 0 Å². The van der Waals surface area contributed by atoms with Crippen LogP contribution in [0.25, 0.3) is 0 Å². The van der Waals surface area contributed by atoms with Crippen LogP contribution < -0.4 is 5.32 Å². The monoisotopic (exact) mass is 366 g/mol. The first-order valence-corrected chi connectivity index (χ1v) is 7.22. The summed E-state index contributed by atoms with van der Waals surface area (Å²) < 4.78 is 0.512. The Balaban J connectivity index is 2.20. The van der Waals surface area contributed by atoms with Crippen LogP contribution in [0.1, 0.15) is 12.5 Å². The Morgan fingerprint density at radius 2 is 2.00 bits per heavy atom. The molecule has 0 aliphatic rings. The van der Waals surface area contributed by atoms with Gasteiger partial charge >= 0.3 is 0 Å². The topological polar surface area (TPSA) is 61.7 Å². The van der Waals surface area contributed by atoms with Crippen LogP contribution in [0.3, 0.4) is 0 Å². The van der Waals surface area contributed by atoms with Crippen molar-refractivity contribution in [2.75, 3.05) is 5.32 Å². The van der Waals surface area contributed by atoms with Gasteiger partial charge in [0.25, 0.3) is 0 Å². The highest BCUT2D eigenvalue weighted by atomic mass is 79.9. The highest BCUT2D eigenvalue weighted by Crippen LogP contribution is 2.30. The maximum atomic E-state index is 10.9. The molecule has 6 heteroatoms. The highest BCUT2D eigenvalue weighted by Gasteiger charge is 2.05. The van der Waals surface area contributed by atoms with Crippen LogP contribution in [0.15, 0.2) is 45.9 Å². The molecule has 1 amide bonds. The molecule has 0 aliphatic heterocycles. The number of carbonyl (C=O) groups excluding carboxylic acids is 1. The van der Waals surface area contributed by atoms with Gasteiger partial charge in [0.15, 0.2) is 0 Å². The number of aromatic hydroxyl groups is 1. The Morgan fingerprint density at radius 3 is 2.62 bits per heavy atom. The van der Waals surface area contributed by atoms with Gasteiger partial charge in [0.05, 0.1) is 10.2 Å². The van der Waals surface area contributed by atoms with Crippen LogP contribution in [0.2, 0.25) is 5.02 Å². The van der Waals surface area contributed by atoms with E-state index in [4.69, 9.17) is 11.6 Å². The van der Waals surface area contributed by atoms with Gasteiger partial charge < -0.3 is 10.4 Å². The third-order valence-electron chi connectivity index (χ3n) is 2.60. The summed E-state index contributed by atoms with van der Waals surface area (Å²) in [5, 5.41) is 13.1. The predicted octanol–water partition coefficient (Wildman–Crippen LogP) is 4.52. The molecule has 21 heavy (non-hydrogen) atoms. The average Bonchev–Trinajstić information content (AvgIpc) is 2.42. The third kappa shape index (κ3) is 4.31. The summed E-state index contributed by atoms with van der Waals surface area (Å²) in [5.41, 5.74) is 1.91. The number of amides is 1. The molecule has 0 radical (unpaired) electrons. The molecule has 108 valence electrons. The molecule has 2 aromatic rings. The zero-order valence-corrected chi connectivity index (χ0v) is 13.4. The first-order valence-electron chi connectivity index (χ1n) is 6.05. The lowest BCUT2D eigenvalue weighted by atomic mass is 10.2. The minimum Gasteiger partial charge on any atom is -0.506 e. The van der Waals surface area contributed by atoms with E-state index in [0.717, 1.165) is 0 Å². The number of phenols is 1. The molecule has 4 nitrogen and oxygen atoms in total. The normalized spacial score (nSPS) is 10.8. The van der Waals surface area contributed by atoms with Crippen molar-refractivity contribution in [2.45, 2.75) is 6.92 Å². The molecule has 0 saturated carbocycles. The van der Waals surface area contributed by atoms with Gasteiger partial charge in [-0.05, 0) is 52.3 Å². The molecule has 0 fully saturated rings. The Bertz CT molecular complexity index is 700. The molecule has 0 spiro atoms. The van der Waals surface area contributed by atoms with Crippen LogP contribution in [0.4, 0.5) is 11.4 Å². The van der Waals surface area contributed by atoms with Crippen molar-refractivity contribution in [2.24, 2.45) is 4.99 Å². The number of phenolic OH excluding ortho intramolecular Hbond substituents is 1. The standard InChI is InChI=1S/C15H12BrClN2O2/c1-9(20)19-13-4-2-12(3-5-13)18-8-10-6-11(17)7-14(16)15(10)21/h2-8,21H,1H3,(H,19,20). The van der Waals surface area contributed by atoms with Gasteiger partial charge in [-0.3, -0.25) is 9.79 Å². The lowest BCUT2D eigenvalue weighted by Crippen LogP contribution is -2.04. The van der Waals surface area contributed by atoms with Crippen molar-refractivity contribution >= 4 is 51.0 Å². The summed E-state index contributed by atoms with van der Waals surface area (Å²) in [4.78, 5) is 15.2. The summed E-state index contributed by atoms with van der Waals surface area (Å²) in [6.45, 7) is 1.45. The van der Waals surface area contributed by atoms with E-state index in [-0.39, 0.29) is 11.7 Å². The Morgan fingerprint density at radius 1 is 1.33 bits per heavy atom. The first-order chi connectivity index (χ1) is 9.95. The molecule has 0 aromatic heterocycles. The highest BCUT2D eigenvalue weighted by molar-refractivity contribution is 9.10. The largest absolute Gasteiger partial charge is 0.506 e. The second kappa shape index (κ2) is 6.74. The number of aliphatic imine (C=N–C) groups is 1. The molecule has 0 atom stereocenters. The summed E-state index contributed by atoms with van der Waals surface area (Å²) in [5.74, 6) is -0.0435. The molecule has 0 aliphatic carbocycles. The van der Waals surface area contributed by atoms with Crippen molar-refractivity contribution in [3.8, 4) is 5.75 Å². The Kier molecular flexibility index (Phi) is 4.98. The molecule has 0 heterocycles. The number of halogens is 2. The molecule has 0 bridgehead atoms. The fraction of sp³-hybridized carbons (Fsp3) is 0.0667. The van der Waals surface area contributed by atoms with Gasteiger partial charge in [-0.25, -0.2) is 0 Å². The van der Waals surface area contributed by atoms with E-state index >= 15 is 0 Å². The second-order valence-corrected chi connectivity index (χ2v) is 5.60. The van der Waals surface area contributed by atoms with E-state index in [1.165, 1.54) is 13.1 Å². The minimum absolute atomic E-state index is 0.0815. The number of carbonyl (C=O) groups is 1. The minimum atomic E-state index is -0.125. The quantitative estimate of drug-likeness (QED) is 0.784. The molecular weight excluding hydrogens is 356 g/mol. The number of nitrogens with zero attached hydrogens (tertiary/aromatic N) is 1. The maximum Gasteiger partial charge on any atom is 0.221 e. The van der Waals surface area contributed by atoms with Crippen molar-refractivity contribution in [3.63, 3.8) is 0 Å². The number of rotatable bonds is 3. The Hall–Kier alpha value is -1.85. The zero-order chi connectivity index (χ0) is 15.4. The molecule has 2 rings (SSSR count). The number of hydrogen-bond donors (Lipinski definition) is 2. The zero-order valence-electron chi connectivity index (χ0n) is 11.1. The van der Waals surface area contributed by atoms with E-state index in [1.807, 2.05) is 0 Å². The van der Waals surface area contributed by atoms with Gasteiger partial charge in [-0.1, -0.05) is 11.6 Å². The lowest BCUT2D eigenvalue weighted by molar-refractivity contribution is -0.114. The number of benzene rings is 2. The van der Waals surface area contributed by atoms with Crippen molar-refractivity contribution in [1.29, 1.82) is 0 Å². The second-order valence-electron chi connectivity index (χ2n) is 4.31. The summed E-state index contributed by atoms with van der Waals surface area (Å²) in [6.07, 6.45) is 1.53. The van der Waals surface area contributed by atoms with E-state index in [1.54, 1.807) is 36.4 Å². The molecule has 2 aromatic carbocycles. The van der Waals surface area contributed by atoms with Gasteiger partial charge in [0.1, 0.15) is 5.75 Å². The van der Waals surface area contributed by atoms with Crippen LogP contribution in [-0.2, 0) is 4.79 Å². The SMILES string of the molecule is CC(=O)Nc1ccc(N=Cc2cc(Cl)cc(Br)c2O)cc1. The molecule has 0 saturated heterocycles. The van der Waals surface area contributed by atoms with Crippen LogP contribution in [0, 0.1) is 0 Å². The smallest absolute Gasteiger partial charge is 0.221 e. The van der Waals surface area contributed by atoms with Crippen molar-refractivity contribution < 1.29 is 9.90 Å². The Labute approximate surface area is 135 Å². The first kappa shape index (κ1) is 15.5. The lowest BCUT2D eigenvalue weighted by Gasteiger charge is -2.03. The molecule has 2 N–H and O–H groups in total. The van der Waals surface area contributed by atoms with E-state index in [0.29, 0.717) is 26.4 Å². The summed E-state index contributed by atoms with van der Waals surface area (Å²) in [7, 11) is 0. The fourth-order valence-electron chi connectivity index (χ4n) is 1.66. The summed E-state index contributed by atoms with van der Waals surface area (Å²) >= 11 is 9.15. The van der Waals surface area contributed by atoms with Gasteiger partial charge in [0, 0.05) is 29.4 Å². The van der Waals surface area contributed by atoms with E-state index < -0.39 is 0 Å². The van der Waals surface area contributed by atoms with E-state index in [2.05, 4.69) is 26.2 Å². The number of nitrogens with one attached hydrogen (secondary N) is 1. The number of anilines is 1. The average molecular weight is 368 g/mol. The fourth-order valence-corrected chi connectivity index (χ4v) is 2.50. The van der Waals surface area contributed by atoms with Gasteiger partial charge in [-0.15, -0.1) is 0 Å². The van der Waals surface area contributed by atoms with Crippen molar-refractivity contribution in [1.82, 2.24) is 0 Å². The molecule has 0 unspecified atom stereocenters. The van der Waals surface area contributed by atoms with Crippen LogP contribution in [0.5, 0.6) is 5.75 Å². The number of hydrogen-bond acceptors (Lipinski definition) is 3. The van der Waals surface area contributed by atoms with E-state index in [9.17, 15) is 9.90 Å². The van der Waals surface area contributed by atoms with Crippen LogP contribution in [-0.4, -0.2) is 17.2 Å². The summed E-state index contributed by atoms with van der Waals surface area (Å²) in [6, 6.07) is 10.3. The predicted molar refractivity (Wildman–Crippen MR) is 88.8 cm³/mol. The molecular formula is C15H12BrClN2O2.